The number of carbonyl (C=O) groups excluding carboxylic acids is 1. The van der Waals surface area contributed by atoms with Crippen LogP contribution in [0, 0.1) is 0 Å². The molecule has 1 aliphatic rings. The molecule has 26 heavy (non-hydrogen) atoms. The summed E-state index contributed by atoms with van der Waals surface area (Å²) in [6, 6.07) is 9.39. The topological polar surface area (TPSA) is 93.7 Å². The summed E-state index contributed by atoms with van der Waals surface area (Å²) in [5.41, 5.74) is 0.834. The molecule has 0 radical (unpaired) electrons. The highest BCUT2D eigenvalue weighted by Gasteiger charge is 2.25. The number of methoxy groups -OCH3 is 2. The molecule has 0 saturated carbocycles. The van der Waals surface area contributed by atoms with Crippen LogP contribution in [0.2, 0.25) is 0 Å². The summed E-state index contributed by atoms with van der Waals surface area (Å²) >= 11 is 1.39. The second kappa shape index (κ2) is 7.08. The van der Waals surface area contributed by atoms with Crippen molar-refractivity contribution in [3.63, 3.8) is 0 Å². The summed E-state index contributed by atoms with van der Waals surface area (Å²) in [5, 5.41) is 2.52. The average Bonchev–Trinajstić information content (AvgIpc) is 2.61. The summed E-state index contributed by atoms with van der Waals surface area (Å²) in [5.74, 6) is 0.763. The lowest BCUT2D eigenvalue weighted by Crippen LogP contribution is -2.26. The lowest BCUT2D eigenvalue weighted by Gasteiger charge is -2.22. The molecule has 0 aliphatic carbocycles. The maximum atomic E-state index is 12.7. The zero-order chi connectivity index (χ0) is 18.9. The Hall–Kier alpha value is -2.39. The van der Waals surface area contributed by atoms with E-state index in [4.69, 9.17) is 9.47 Å². The second-order valence-electron chi connectivity index (χ2n) is 5.58. The fourth-order valence-electron chi connectivity index (χ4n) is 2.47. The molecule has 1 aliphatic heterocycles. The number of amides is 1. The van der Waals surface area contributed by atoms with Gasteiger partial charge in [0.1, 0.15) is 0 Å². The molecule has 1 heterocycles. The third kappa shape index (κ3) is 3.58. The van der Waals surface area contributed by atoms with Crippen LogP contribution >= 0.6 is 11.8 Å². The van der Waals surface area contributed by atoms with Gasteiger partial charge in [-0.25, -0.2) is 8.42 Å². The Labute approximate surface area is 156 Å². The number of nitrogens with one attached hydrogen (secondary N) is 2. The van der Waals surface area contributed by atoms with E-state index in [-0.39, 0.29) is 16.1 Å². The second-order valence-corrected chi connectivity index (χ2v) is 8.65. The van der Waals surface area contributed by atoms with Crippen molar-refractivity contribution < 1.29 is 22.7 Å². The minimum atomic E-state index is -3.83. The number of carbonyl (C=O) groups is 1. The predicted octanol–water partition coefficient (Wildman–Crippen LogP) is 2.94. The highest BCUT2D eigenvalue weighted by Crippen LogP contribution is 2.37. The number of ether oxygens (including phenoxy) is 2. The van der Waals surface area contributed by atoms with E-state index in [9.17, 15) is 13.2 Å². The van der Waals surface area contributed by atoms with Crippen molar-refractivity contribution in [3.8, 4) is 11.5 Å². The number of fused-ring (bicyclic) bond motifs is 1. The molecule has 0 unspecified atom stereocenters. The van der Waals surface area contributed by atoms with E-state index in [1.807, 2.05) is 0 Å². The van der Waals surface area contributed by atoms with Gasteiger partial charge in [0.15, 0.2) is 11.5 Å². The number of benzene rings is 2. The predicted molar refractivity (Wildman–Crippen MR) is 101 cm³/mol. The van der Waals surface area contributed by atoms with Crippen molar-refractivity contribution in [1.82, 2.24) is 0 Å². The van der Waals surface area contributed by atoms with E-state index in [0.29, 0.717) is 22.9 Å². The number of thioether (sulfide) groups is 1. The normalized spacial score (nSPS) is 16.4. The maximum Gasteiger partial charge on any atom is 0.261 e. The summed E-state index contributed by atoms with van der Waals surface area (Å²) < 4.78 is 38.2. The minimum absolute atomic E-state index is 0.0569. The Bertz CT molecular complexity index is 960. The molecule has 7 nitrogen and oxygen atoms in total. The first-order chi connectivity index (χ1) is 12.3. The summed E-state index contributed by atoms with van der Waals surface area (Å²) in [6.45, 7) is 1.80. The molecular weight excluding hydrogens is 376 g/mol. The van der Waals surface area contributed by atoms with E-state index in [0.717, 1.165) is 4.90 Å². The van der Waals surface area contributed by atoms with Gasteiger partial charge in [0.05, 0.1) is 35.7 Å². The van der Waals surface area contributed by atoms with Gasteiger partial charge >= 0.3 is 0 Å². The molecule has 2 N–H and O–H groups in total. The first kappa shape index (κ1) is 18.4. The van der Waals surface area contributed by atoms with Crippen LogP contribution in [-0.4, -0.2) is 33.8 Å². The largest absolute Gasteiger partial charge is 0.493 e. The van der Waals surface area contributed by atoms with Gasteiger partial charge < -0.3 is 14.8 Å². The van der Waals surface area contributed by atoms with Gasteiger partial charge in [0.2, 0.25) is 5.91 Å². The van der Waals surface area contributed by atoms with Crippen LogP contribution in [0.15, 0.2) is 46.2 Å². The molecule has 2 aromatic rings. The zero-order valence-electron chi connectivity index (χ0n) is 14.4. The highest BCUT2D eigenvalue weighted by atomic mass is 32.2. The van der Waals surface area contributed by atoms with Gasteiger partial charge in [0, 0.05) is 11.0 Å². The number of rotatable bonds is 5. The molecule has 9 heteroatoms. The fraction of sp³-hybridized carbons (Fsp3) is 0.235. The molecule has 0 spiro atoms. The van der Waals surface area contributed by atoms with Crippen molar-refractivity contribution in [3.05, 3.63) is 36.4 Å². The smallest absolute Gasteiger partial charge is 0.261 e. The van der Waals surface area contributed by atoms with Gasteiger partial charge in [-0.3, -0.25) is 9.52 Å². The van der Waals surface area contributed by atoms with Gasteiger partial charge in [-0.1, -0.05) is 0 Å². The first-order valence-corrected chi connectivity index (χ1v) is 10.1. The van der Waals surface area contributed by atoms with Gasteiger partial charge in [-0.05, 0) is 37.3 Å². The Morgan fingerprint density at radius 2 is 1.81 bits per heavy atom. The zero-order valence-corrected chi connectivity index (χ0v) is 16.0. The van der Waals surface area contributed by atoms with Crippen LogP contribution in [0.3, 0.4) is 0 Å². The Kier molecular flexibility index (Phi) is 5.01. The van der Waals surface area contributed by atoms with Crippen molar-refractivity contribution in [2.24, 2.45) is 0 Å². The quantitative estimate of drug-likeness (QED) is 0.810. The lowest BCUT2D eigenvalue weighted by atomic mass is 10.3. The van der Waals surface area contributed by atoms with Crippen LogP contribution in [0.1, 0.15) is 6.92 Å². The van der Waals surface area contributed by atoms with Crippen LogP contribution in [0.4, 0.5) is 11.4 Å². The highest BCUT2D eigenvalue weighted by molar-refractivity contribution is 8.01. The number of hydrogen-bond donors (Lipinski definition) is 2. The fourth-order valence-corrected chi connectivity index (χ4v) is 4.47. The molecule has 3 rings (SSSR count). The third-order valence-corrected chi connectivity index (χ3v) is 6.38. The van der Waals surface area contributed by atoms with Crippen LogP contribution < -0.4 is 19.5 Å². The molecule has 1 amide bonds. The van der Waals surface area contributed by atoms with Crippen LogP contribution in [0.25, 0.3) is 0 Å². The van der Waals surface area contributed by atoms with Crippen molar-refractivity contribution in [2.45, 2.75) is 22.0 Å². The third-order valence-electron chi connectivity index (χ3n) is 3.83. The molecule has 1 atom stereocenters. The minimum Gasteiger partial charge on any atom is -0.493 e. The molecule has 0 aromatic heterocycles. The molecule has 2 aromatic carbocycles. The van der Waals surface area contributed by atoms with E-state index in [1.54, 1.807) is 25.1 Å². The SMILES string of the molecule is COc1ccc(NS(=O)(=O)c2ccc3c(c2)NC(=O)[C@@H](C)S3)cc1OC. The van der Waals surface area contributed by atoms with Crippen LogP contribution in [-0.2, 0) is 14.8 Å². The molecule has 0 saturated heterocycles. The van der Waals surface area contributed by atoms with E-state index in [2.05, 4.69) is 10.0 Å². The first-order valence-electron chi connectivity index (χ1n) is 7.70. The number of sulfonamides is 1. The molecular formula is C17H18N2O5S2. The van der Waals surface area contributed by atoms with E-state index in [1.165, 1.54) is 44.2 Å². The monoisotopic (exact) mass is 394 g/mol. The summed E-state index contributed by atoms with van der Waals surface area (Å²) in [4.78, 5) is 12.7. The lowest BCUT2D eigenvalue weighted by molar-refractivity contribution is -0.115. The van der Waals surface area contributed by atoms with Crippen molar-refractivity contribution in [1.29, 1.82) is 0 Å². The average molecular weight is 394 g/mol. The Balaban J connectivity index is 1.89. The molecule has 0 bridgehead atoms. The number of hydrogen-bond acceptors (Lipinski definition) is 6. The molecule has 138 valence electrons. The maximum absolute atomic E-state index is 12.7. The van der Waals surface area contributed by atoms with E-state index < -0.39 is 10.0 Å². The summed E-state index contributed by atoms with van der Waals surface area (Å²) in [6.07, 6.45) is 0. The van der Waals surface area contributed by atoms with Gasteiger partial charge in [0.25, 0.3) is 10.0 Å². The standard InChI is InChI=1S/C17H18N2O5S2/c1-10-17(20)18-13-9-12(5-7-16(13)25-10)26(21,22)19-11-4-6-14(23-2)15(8-11)24-3/h4-10,19H,1-3H3,(H,18,20)/t10-/m1/s1. The van der Waals surface area contributed by atoms with Gasteiger partial charge in [-0.2, -0.15) is 0 Å². The Morgan fingerprint density at radius 1 is 1.08 bits per heavy atom. The van der Waals surface area contributed by atoms with Gasteiger partial charge in [-0.15, -0.1) is 11.8 Å². The molecule has 0 fully saturated rings. The summed E-state index contributed by atoms with van der Waals surface area (Å²) in [7, 11) is -0.854. The van der Waals surface area contributed by atoms with E-state index >= 15 is 0 Å². The Morgan fingerprint density at radius 3 is 2.50 bits per heavy atom. The van der Waals surface area contributed by atoms with Crippen LogP contribution in [0.5, 0.6) is 11.5 Å². The van der Waals surface area contributed by atoms with Crippen molar-refractivity contribution in [2.75, 3.05) is 24.3 Å². The van der Waals surface area contributed by atoms with Crippen molar-refractivity contribution >= 4 is 39.1 Å². The number of anilines is 2.